The molecule has 0 unspecified atom stereocenters. The van der Waals surface area contributed by atoms with Crippen molar-refractivity contribution in [3.8, 4) is 12.3 Å². The molecule has 1 fully saturated rings. The Hall–Kier alpha value is -3.06. The van der Waals surface area contributed by atoms with E-state index in [1.807, 2.05) is 29.2 Å². The van der Waals surface area contributed by atoms with Crippen molar-refractivity contribution < 1.29 is 4.79 Å². The Labute approximate surface area is 153 Å². The van der Waals surface area contributed by atoms with Gasteiger partial charge in [-0.3, -0.25) is 4.79 Å². The number of anilines is 1. The Bertz CT molecular complexity index is 1020. The zero-order chi connectivity index (χ0) is 18.3. The van der Waals surface area contributed by atoms with E-state index in [4.69, 9.17) is 11.4 Å². The molecule has 0 bridgehead atoms. The number of amides is 1. The molecule has 130 valence electrons. The molecule has 1 aliphatic heterocycles. The van der Waals surface area contributed by atoms with Crippen molar-refractivity contribution in [1.82, 2.24) is 9.55 Å². The van der Waals surface area contributed by atoms with E-state index in [2.05, 4.69) is 42.5 Å². The zero-order valence-electron chi connectivity index (χ0n) is 15.1. The van der Waals surface area contributed by atoms with Crippen LogP contribution in [-0.2, 0) is 11.3 Å². The molecule has 1 aromatic heterocycles. The zero-order valence-corrected chi connectivity index (χ0v) is 15.1. The van der Waals surface area contributed by atoms with Crippen LogP contribution in [0.15, 0.2) is 42.5 Å². The van der Waals surface area contributed by atoms with Gasteiger partial charge in [-0.05, 0) is 49.2 Å². The number of carbonyl (C=O) groups is 1. The van der Waals surface area contributed by atoms with E-state index in [0.29, 0.717) is 19.5 Å². The van der Waals surface area contributed by atoms with Crippen LogP contribution >= 0.6 is 0 Å². The van der Waals surface area contributed by atoms with E-state index in [9.17, 15) is 4.79 Å². The van der Waals surface area contributed by atoms with Gasteiger partial charge in [-0.1, -0.05) is 24.1 Å². The molecule has 4 nitrogen and oxygen atoms in total. The maximum Gasteiger partial charge on any atom is 0.227 e. The van der Waals surface area contributed by atoms with Crippen molar-refractivity contribution in [1.29, 1.82) is 0 Å². The maximum absolute atomic E-state index is 12.7. The molecule has 1 atom stereocenters. The number of imidazole rings is 1. The minimum Gasteiger partial charge on any atom is -0.316 e. The molecule has 0 aliphatic carbocycles. The Balaban J connectivity index is 1.72. The van der Waals surface area contributed by atoms with E-state index in [0.717, 1.165) is 33.7 Å². The van der Waals surface area contributed by atoms with Crippen LogP contribution in [0.2, 0.25) is 0 Å². The third-order valence-electron chi connectivity index (χ3n) is 4.94. The van der Waals surface area contributed by atoms with Gasteiger partial charge < -0.3 is 9.47 Å². The second kappa shape index (κ2) is 6.34. The van der Waals surface area contributed by atoms with Crippen LogP contribution in [-0.4, -0.2) is 22.0 Å². The van der Waals surface area contributed by atoms with Gasteiger partial charge in [-0.25, -0.2) is 4.98 Å². The third-order valence-corrected chi connectivity index (χ3v) is 4.94. The average molecular weight is 343 g/mol. The fourth-order valence-electron chi connectivity index (χ4n) is 3.90. The van der Waals surface area contributed by atoms with Crippen molar-refractivity contribution in [2.75, 3.05) is 11.4 Å². The number of aromatic nitrogens is 2. The van der Waals surface area contributed by atoms with Crippen molar-refractivity contribution in [2.24, 2.45) is 0 Å². The number of para-hydroxylation sites is 2. The molecule has 3 aromatic rings. The smallest absolute Gasteiger partial charge is 0.227 e. The van der Waals surface area contributed by atoms with Crippen LogP contribution in [0.3, 0.4) is 0 Å². The highest BCUT2D eigenvalue weighted by Crippen LogP contribution is 2.33. The molecule has 4 heteroatoms. The van der Waals surface area contributed by atoms with Gasteiger partial charge in [0.15, 0.2) is 0 Å². The first-order chi connectivity index (χ1) is 12.6. The first-order valence-electron chi connectivity index (χ1n) is 8.84. The van der Waals surface area contributed by atoms with Gasteiger partial charge in [0.1, 0.15) is 5.82 Å². The summed E-state index contributed by atoms with van der Waals surface area (Å²) in [4.78, 5) is 19.4. The number of hydrogen-bond donors (Lipinski definition) is 0. The molecule has 1 saturated heterocycles. The summed E-state index contributed by atoms with van der Waals surface area (Å²) in [6, 6.07) is 14.2. The quantitative estimate of drug-likeness (QED) is 0.678. The van der Waals surface area contributed by atoms with Gasteiger partial charge in [-0.15, -0.1) is 6.42 Å². The topological polar surface area (TPSA) is 38.1 Å². The van der Waals surface area contributed by atoms with Crippen LogP contribution < -0.4 is 4.90 Å². The Morgan fingerprint density at radius 2 is 1.92 bits per heavy atom. The van der Waals surface area contributed by atoms with Crippen molar-refractivity contribution in [2.45, 2.75) is 32.7 Å². The molecule has 0 N–H and O–H groups in total. The number of fused-ring (bicyclic) bond motifs is 1. The third kappa shape index (κ3) is 2.76. The molecular formula is C22H21N3O. The largest absolute Gasteiger partial charge is 0.316 e. The van der Waals surface area contributed by atoms with E-state index in [-0.39, 0.29) is 11.8 Å². The lowest BCUT2D eigenvalue weighted by Crippen LogP contribution is -2.24. The normalized spacial score (nSPS) is 17.0. The van der Waals surface area contributed by atoms with Gasteiger partial charge in [-0.2, -0.15) is 0 Å². The highest BCUT2D eigenvalue weighted by molar-refractivity contribution is 5.96. The molecule has 2 heterocycles. The summed E-state index contributed by atoms with van der Waals surface area (Å²) in [6.07, 6.45) is 6.04. The fourth-order valence-corrected chi connectivity index (χ4v) is 3.90. The molecule has 0 spiro atoms. The molecule has 1 amide bonds. The minimum atomic E-state index is 0.0454. The number of aryl methyl sites for hydroxylation is 2. The number of rotatable bonds is 3. The van der Waals surface area contributed by atoms with Gasteiger partial charge in [0.25, 0.3) is 0 Å². The van der Waals surface area contributed by atoms with Crippen molar-refractivity contribution in [3.05, 3.63) is 59.4 Å². The minimum absolute atomic E-state index is 0.0454. The summed E-state index contributed by atoms with van der Waals surface area (Å²) in [7, 11) is 0. The van der Waals surface area contributed by atoms with Crippen molar-refractivity contribution in [3.63, 3.8) is 0 Å². The highest BCUT2D eigenvalue weighted by Gasteiger charge is 2.34. The number of hydrogen-bond acceptors (Lipinski definition) is 2. The highest BCUT2D eigenvalue weighted by atomic mass is 16.2. The van der Waals surface area contributed by atoms with Gasteiger partial charge in [0.2, 0.25) is 5.91 Å². The SMILES string of the molecule is C#CCn1c([C@@H]2CC(=O)N(c3cc(C)cc(C)c3)C2)nc2ccccc21. The van der Waals surface area contributed by atoms with Gasteiger partial charge in [0, 0.05) is 24.6 Å². The Morgan fingerprint density at radius 1 is 1.19 bits per heavy atom. The lowest BCUT2D eigenvalue weighted by molar-refractivity contribution is -0.117. The second-order valence-corrected chi connectivity index (χ2v) is 7.00. The Morgan fingerprint density at radius 3 is 2.65 bits per heavy atom. The first-order valence-corrected chi connectivity index (χ1v) is 8.84. The standard InChI is InChI=1S/C22H21N3O/c1-4-9-24-20-8-6-5-7-19(20)23-22(24)17-13-21(26)25(14-17)18-11-15(2)10-16(3)12-18/h1,5-8,10-12,17H,9,13-14H2,2-3H3/t17-/m1/s1. The Kier molecular flexibility index (Phi) is 4.00. The van der Waals surface area contributed by atoms with Crippen LogP contribution in [0.4, 0.5) is 5.69 Å². The van der Waals surface area contributed by atoms with E-state index in [1.54, 1.807) is 0 Å². The summed E-state index contributed by atoms with van der Waals surface area (Å²) in [5, 5.41) is 0. The summed E-state index contributed by atoms with van der Waals surface area (Å²) in [5.74, 6) is 3.81. The number of terminal acetylenes is 1. The van der Waals surface area contributed by atoms with E-state index >= 15 is 0 Å². The summed E-state index contributed by atoms with van der Waals surface area (Å²) in [5.41, 5.74) is 5.24. The molecule has 0 radical (unpaired) electrons. The number of nitrogens with zero attached hydrogens (tertiary/aromatic N) is 3. The fraction of sp³-hybridized carbons (Fsp3) is 0.273. The monoisotopic (exact) mass is 343 g/mol. The lowest BCUT2D eigenvalue weighted by atomic mass is 10.1. The lowest BCUT2D eigenvalue weighted by Gasteiger charge is -2.18. The maximum atomic E-state index is 12.7. The van der Waals surface area contributed by atoms with Crippen LogP contribution in [0.25, 0.3) is 11.0 Å². The molecule has 26 heavy (non-hydrogen) atoms. The molecule has 2 aromatic carbocycles. The predicted molar refractivity (Wildman–Crippen MR) is 104 cm³/mol. The van der Waals surface area contributed by atoms with Gasteiger partial charge in [0.05, 0.1) is 17.6 Å². The van der Waals surface area contributed by atoms with Crippen LogP contribution in [0, 0.1) is 26.2 Å². The van der Waals surface area contributed by atoms with E-state index in [1.165, 1.54) is 0 Å². The van der Waals surface area contributed by atoms with E-state index < -0.39 is 0 Å². The summed E-state index contributed by atoms with van der Waals surface area (Å²) >= 11 is 0. The van der Waals surface area contributed by atoms with Crippen molar-refractivity contribution >= 4 is 22.6 Å². The summed E-state index contributed by atoms with van der Waals surface area (Å²) < 4.78 is 2.07. The van der Waals surface area contributed by atoms with Crippen LogP contribution in [0.1, 0.15) is 29.3 Å². The molecule has 0 saturated carbocycles. The predicted octanol–water partition coefficient (Wildman–Crippen LogP) is 3.81. The second-order valence-electron chi connectivity index (χ2n) is 7.00. The van der Waals surface area contributed by atoms with Crippen LogP contribution in [0.5, 0.6) is 0 Å². The average Bonchev–Trinajstić information content (AvgIpc) is 3.15. The summed E-state index contributed by atoms with van der Waals surface area (Å²) in [6.45, 7) is 5.21. The molecule has 4 rings (SSSR count). The number of carbonyl (C=O) groups excluding carboxylic acids is 1. The molecular weight excluding hydrogens is 322 g/mol. The first kappa shape index (κ1) is 16.4. The number of benzene rings is 2. The molecule has 1 aliphatic rings. The van der Waals surface area contributed by atoms with Gasteiger partial charge >= 0.3 is 0 Å².